The Balaban J connectivity index is 1.64. The highest BCUT2D eigenvalue weighted by atomic mass is 32.2. The van der Waals surface area contributed by atoms with Crippen LogP contribution in [0, 0.1) is 5.41 Å². The minimum absolute atomic E-state index is 0.0240. The number of hydrogen-bond acceptors (Lipinski definition) is 12. The zero-order valence-electron chi connectivity index (χ0n) is 19.2. The molecule has 1 saturated heterocycles. The fraction of sp³-hybridized carbons (Fsp3) is 0.500. The number of carbonyl (C=O) groups excluding carboxylic acids is 4. The summed E-state index contributed by atoms with van der Waals surface area (Å²) in [6.45, 7) is 6.44. The van der Waals surface area contributed by atoms with Gasteiger partial charge in [-0.05, 0) is 26.8 Å². The summed E-state index contributed by atoms with van der Waals surface area (Å²) in [6, 6.07) is -0.900. The Kier molecular flexibility index (Phi) is 7.51. The van der Waals surface area contributed by atoms with E-state index in [1.54, 1.807) is 32.2 Å². The van der Waals surface area contributed by atoms with Crippen LogP contribution in [-0.2, 0) is 33.5 Å². The number of oxime groups is 1. The van der Waals surface area contributed by atoms with Gasteiger partial charge in [0.05, 0.1) is 5.41 Å². The van der Waals surface area contributed by atoms with Gasteiger partial charge in [-0.2, -0.15) is 0 Å². The van der Waals surface area contributed by atoms with Crippen LogP contribution >= 0.6 is 23.1 Å². The van der Waals surface area contributed by atoms with Crippen molar-refractivity contribution >= 4 is 57.7 Å². The first-order chi connectivity index (χ1) is 15.9. The third kappa shape index (κ3) is 5.33. The Morgan fingerprint density at radius 3 is 2.62 bits per heavy atom. The summed E-state index contributed by atoms with van der Waals surface area (Å²) in [4.78, 5) is 60.3. The minimum Gasteiger partial charge on any atom is -0.425 e. The molecule has 3 rings (SSSR count). The molecule has 1 fully saturated rings. The number of aromatic nitrogens is 1. The van der Waals surface area contributed by atoms with E-state index in [-0.39, 0.29) is 22.2 Å². The maximum absolute atomic E-state index is 12.8. The molecule has 2 aliphatic heterocycles. The lowest BCUT2D eigenvalue weighted by molar-refractivity contribution is -0.189. The maximum Gasteiger partial charge on any atom is 0.357 e. The van der Waals surface area contributed by atoms with Crippen LogP contribution < -0.4 is 11.1 Å². The number of amides is 2. The average molecular weight is 512 g/mol. The van der Waals surface area contributed by atoms with Crippen LogP contribution in [0.1, 0.15) is 33.4 Å². The Bertz CT molecular complexity index is 1060. The van der Waals surface area contributed by atoms with Crippen molar-refractivity contribution in [1.29, 1.82) is 0 Å². The van der Waals surface area contributed by atoms with Crippen LogP contribution in [0.3, 0.4) is 0 Å². The first kappa shape index (κ1) is 25.5. The number of esters is 2. The number of β-lactam (4-membered cyclic amide) rings is 1. The van der Waals surface area contributed by atoms with Crippen LogP contribution in [0.25, 0.3) is 0 Å². The number of rotatable bonds is 7. The lowest BCUT2D eigenvalue weighted by Gasteiger charge is -2.48. The number of nitrogens with two attached hydrogens (primary N) is 1. The lowest BCUT2D eigenvalue weighted by atomic mass is 9.97. The molecule has 0 bridgehead atoms. The van der Waals surface area contributed by atoms with Crippen LogP contribution in [-0.4, -0.2) is 69.9 Å². The summed E-state index contributed by atoms with van der Waals surface area (Å²) in [5.41, 5.74) is 4.97. The van der Waals surface area contributed by atoms with E-state index in [1.807, 2.05) is 0 Å². The molecule has 2 aliphatic rings. The van der Waals surface area contributed by atoms with Crippen molar-refractivity contribution in [1.82, 2.24) is 15.2 Å². The number of nitrogen functional groups attached to an aromatic ring is 1. The monoisotopic (exact) mass is 511 g/mol. The van der Waals surface area contributed by atoms with Crippen molar-refractivity contribution in [2.75, 3.05) is 18.6 Å². The molecule has 34 heavy (non-hydrogen) atoms. The van der Waals surface area contributed by atoms with E-state index >= 15 is 0 Å². The summed E-state index contributed by atoms with van der Waals surface area (Å²) < 4.78 is 10.3. The third-order valence-corrected chi connectivity index (χ3v) is 6.52. The van der Waals surface area contributed by atoms with Crippen LogP contribution in [0.2, 0.25) is 0 Å². The quantitative estimate of drug-likeness (QED) is 0.176. The molecule has 184 valence electrons. The molecular formula is C20H25N5O7S2. The zero-order chi connectivity index (χ0) is 25.2. The smallest absolute Gasteiger partial charge is 0.357 e. The van der Waals surface area contributed by atoms with Gasteiger partial charge in [0.25, 0.3) is 11.8 Å². The third-order valence-electron chi connectivity index (χ3n) is 4.66. The molecule has 0 saturated carbocycles. The summed E-state index contributed by atoms with van der Waals surface area (Å²) >= 11 is 2.49. The fourth-order valence-electron chi connectivity index (χ4n) is 2.99. The number of fused-ring (bicyclic) bond motifs is 1. The van der Waals surface area contributed by atoms with Gasteiger partial charge in [0.1, 0.15) is 29.9 Å². The molecule has 0 aliphatic carbocycles. The van der Waals surface area contributed by atoms with Crippen molar-refractivity contribution in [3.8, 4) is 0 Å². The van der Waals surface area contributed by atoms with Crippen molar-refractivity contribution in [2.24, 2.45) is 10.6 Å². The number of anilines is 1. The molecular weight excluding hydrogens is 486 g/mol. The van der Waals surface area contributed by atoms with Crippen molar-refractivity contribution in [3.63, 3.8) is 0 Å². The van der Waals surface area contributed by atoms with Crippen molar-refractivity contribution in [3.05, 3.63) is 22.8 Å². The molecule has 14 heteroatoms. The molecule has 0 radical (unpaired) electrons. The van der Waals surface area contributed by atoms with Crippen LogP contribution in [0.5, 0.6) is 0 Å². The maximum atomic E-state index is 12.8. The van der Waals surface area contributed by atoms with Gasteiger partial charge >= 0.3 is 11.9 Å². The number of thioether (sulfide) groups is 1. The van der Waals surface area contributed by atoms with Crippen molar-refractivity contribution in [2.45, 2.75) is 45.4 Å². The summed E-state index contributed by atoms with van der Waals surface area (Å²) in [5, 5.41) is 7.58. The highest BCUT2D eigenvalue weighted by molar-refractivity contribution is 8.00. The van der Waals surface area contributed by atoms with E-state index < -0.39 is 46.9 Å². The highest BCUT2D eigenvalue weighted by Gasteiger charge is 2.53. The van der Waals surface area contributed by atoms with Gasteiger partial charge in [-0.1, -0.05) is 5.16 Å². The fourth-order valence-corrected chi connectivity index (χ4v) is 4.74. The van der Waals surface area contributed by atoms with Gasteiger partial charge in [0.2, 0.25) is 6.29 Å². The molecule has 3 N–H and O–H groups in total. The van der Waals surface area contributed by atoms with Crippen LogP contribution in [0.15, 0.2) is 22.3 Å². The number of ether oxygens (including phenoxy) is 2. The molecule has 0 spiro atoms. The van der Waals surface area contributed by atoms with E-state index in [1.165, 1.54) is 30.7 Å². The second-order valence-electron chi connectivity index (χ2n) is 8.29. The largest absolute Gasteiger partial charge is 0.425 e. The second kappa shape index (κ2) is 10.0. The Hall–Kier alpha value is -3.13. The number of nitrogens with one attached hydrogen (secondary N) is 1. The Labute approximate surface area is 203 Å². The molecule has 3 atom stereocenters. The number of hydrogen-bond donors (Lipinski definition) is 2. The van der Waals surface area contributed by atoms with Gasteiger partial charge in [-0.3, -0.25) is 19.3 Å². The summed E-state index contributed by atoms with van der Waals surface area (Å²) in [7, 11) is 1.28. The van der Waals surface area contributed by atoms with E-state index in [0.717, 1.165) is 11.3 Å². The predicted octanol–water partition coefficient (Wildman–Crippen LogP) is 0.838. The molecule has 12 nitrogen and oxygen atoms in total. The lowest BCUT2D eigenvalue weighted by Crippen LogP contribution is -2.70. The second-order valence-corrected chi connectivity index (χ2v) is 10.3. The Morgan fingerprint density at radius 1 is 1.32 bits per heavy atom. The summed E-state index contributed by atoms with van der Waals surface area (Å²) in [5.74, 6) is -2.10. The van der Waals surface area contributed by atoms with Crippen LogP contribution in [0.4, 0.5) is 5.13 Å². The average Bonchev–Trinajstić information content (AvgIpc) is 3.19. The number of carbonyl (C=O) groups is 4. The minimum atomic E-state index is -1.14. The molecule has 1 aromatic rings. The normalized spacial score (nSPS) is 21.0. The zero-order valence-corrected chi connectivity index (χ0v) is 20.8. The van der Waals surface area contributed by atoms with Gasteiger partial charge < -0.3 is 25.4 Å². The molecule has 0 aromatic carbocycles. The highest BCUT2D eigenvalue weighted by Crippen LogP contribution is 2.38. The SMILES string of the molecule is CON=C(C(=O)NC1C(=O)N2C(C(=O)OC(C)OC(=O)C(C)(C)C)=CCS[C@H]12)c1csc(N)n1. The first-order valence-corrected chi connectivity index (χ1v) is 12.1. The summed E-state index contributed by atoms with van der Waals surface area (Å²) in [6.07, 6.45) is 0.409. The molecule has 2 amide bonds. The number of thiazole rings is 1. The first-order valence-electron chi connectivity index (χ1n) is 10.1. The molecule has 1 aromatic heterocycles. The predicted molar refractivity (Wildman–Crippen MR) is 124 cm³/mol. The van der Waals surface area contributed by atoms with Crippen molar-refractivity contribution < 1.29 is 33.5 Å². The standard InChI is InChI=1S/C20H25N5O7S2/c1-9(32-18(29)20(2,3)4)31-17(28)11-6-7-33-16-13(15(27)25(11)16)23-14(26)12(24-30-5)10-8-34-19(21)22-10/h6,8-9,13,16H,7H2,1-5H3,(H2,21,22)(H,23,26)/t9?,13?,16-/m1/s1. The van der Waals surface area contributed by atoms with Gasteiger partial charge in [0, 0.05) is 18.1 Å². The van der Waals surface area contributed by atoms with E-state index in [2.05, 4.69) is 15.5 Å². The van der Waals surface area contributed by atoms with Gasteiger partial charge in [-0.25, -0.2) is 9.78 Å². The van der Waals surface area contributed by atoms with E-state index in [0.29, 0.717) is 5.75 Å². The van der Waals surface area contributed by atoms with Gasteiger partial charge in [0.15, 0.2) is 10.8 Å². The Morgan fingerprint density at radius 2 is 2.03 bits per heavy atom. The molecule has 2 unspecified atom stereocenters. The van der Waals surface area contributed by atoms with Gasteiger partial charge in [-0.15, -0.1) is 23.1 Å². The van der Waals surface area contributed by atoms with E-state index in [9.17, 15) is 19.2 Å². The topological polar surface area (TPSA) is 163 Å². The molecule has 3 heterocycles. The number of nitrogens with zero attached hydrogens (tertiary/aromatic N) is 3. The van der Waals surface area contributed by atoms with E-state index in [4.69, 9.17) is 20.0 Å².